The second kappa shape index (κ2) is 15.9. The van der Waals surface area contributed by atoms with Crippen molar-refractivity contribution in [3.63, 3.8) is 0 Å². The number of benzene rings is 2. The molecule has 4 rings (SSSR count). The highest BCUT2D eigenvalue weighted by Gasteiger charge is 2.34. The van der Waals surface area contributed by atoms with Gasteiger partial charge < -0.3 is 29.2 Å². The van der Waals surface area contributed by atoms with Crippen LogP contribution in [0.1, 0.15) is 20.9 Å². The molecule has 8 heteroatoms. The van der Waals surface area contributed by atoms with Gasteiger partial charge in [0, 0.05) is 9.75 Å². The van der Waals surface area contributed by atoms with Crippen LogP contribution >= 0.6 is 22.7 Å². The molecule has 6 nitrogen and oxygen atoms in total. The predicted octanol–water partition coefficient (Wildman–Crippen LogP) is 5.44. The van der Waals surface area contributed by atoms with E-state index in [4.69, 9.17) is 18.9 Å². The average molecular weight is 555 g/mol. The largest absolute Gasteiger partial charge is 0.388 e. The van der Waals surface area contributed by atoms with E-state index >= 15 is 0 Å². The lowest BCUT2D eigenvalue weighted by Crippen LogP contribution is -2.49. The number of ether oxygens (including phenoxy) is 4. The van der Waals surface area contributed by atoms with Gasteiger partial charge in [-0.05, 0) is 34.0 Å². The lowest BCUT2D eigenvalue weighted by atomic mass is 10.0. The summed E-state index contributed by atoms with van der Waals surface area (Å²) in [5.74, 6) is 0. The van der Waals surface area contributed by atoms with Crippen molar-refractivity contribution >= 4 is 22.7 Å². The number of rotatable bonds is 17. The van der Waals surface area contributed by atoms with Crippen molar-refractivity contribution < 1.29 is 29.2 Å². The van der Waals surface area contributed by atoms with Gasteiger partial charge in [-0.25, -0.2) is 0 Å². The van der Waals surface area contributed by atoms with Crippen LogP contribution in [0.4, 0.5) is 0 Å². The second-order valence-corrected chi connectivity index (χ2v) is 10.9. The lowest BCUT2D eigenvalue weighted by molar-refractivity contribution is -0.169. The van der Waals surface area contributed by atoms with Crippen molar-refractivity contribution in [2.24, 2.45) is 0 Å². The SMILES string of the molecule is O[C@@H]([C@H](O)[C@@H](COCc1ccccc1)OCc1cccs1)[C@@H](COCc1ccccc1)OCc1cccs1. The molecule has 202 valence electrons. The van der Waals surface area contributed by atoms with Crippen molar-refractivity contribution in [2.75, 3.05) is 13.2 Å². The molecular formula is C30H34O6S2. The summed E-state index contributed by atoms with van der Waals surface area (Å²) in [6, 6.07) is 27.5. The van der Waals surface area contributed by atoms with Crippen molar-refractivity contribution in [1.82, 2.24) is 0 Å². The standard InChI is InChI=1S/C30H34O6S2/c31-29(27(35-19-25-13-7-15-37-25)21-33-17-23-9-3-1-4-10-23)30(32)28(36-20-26-14-8-16-38-26)22-34-18-24-11-5-2-6-12-24/h1-16,27-32H,17-22H2/t27-,28-,29-,30-/m1/s1. The molecule has 0 aliphatic heterocycles. The van der Waals surface area contributed by atoms with Gasteiger partial charge in [-0.15, -0.1) is 22.7 Å². The zero-order valence-electron chi connectivity index (χ0n) is 21.1. The first-order valence-electron chi connectivity index (χ1n) is 12.6. The minimum atomic E-state index is -1.25. The minimum Gasteiger partial charge on any atom is -0.388 e. The van der Waals surface area contributed by atoms with Gasteiger partial charge in [0.1, 0.15) is 24.4 Å². The third-order valence-corrected chi connectivity index (χ3v) is 7.64. The molecule has 0 saturated heterocycles. The Morgan fingerprint density at radius 1 is 0.526 bits per heavy atom. The van der Waals surface area contributed by atoms with Gasteiger partial charge >= 0.3 is 0 Å². The molecule has 0 radical (unpaired) electrons. The Morgan fingerprint density at radius 2 is 0.947 bits per heavy atom. The van der Waals surface area contributed by atoms with E-state index in [0.29, 0.717) is 26.4 Å². The Kier molecular flexibility index (Phi) is 12.0. The molecule has 2 N–H and O–H groups in total. The van der Waals surface area contributed by atoms with E-state index in [1.54, 1.807) is 22.7 Å². The van der Waals surface area contributed by atoms with Crippen LogP contribution in [-0.2, 0) is 45.4 Å². The lowest BCUT2D eigenvalue weighted by Gasteiger charge is -2.31. The molecule has 0 spiro atoms. The van der Waals surface area contributed by atoms with E-state index < -0.39 is 24.4 Å². The summed E-state index contributed by atoms with van der Waals surface area (Å²) in [6.07, 6.45) is -4.03. The number of thiophene rings is 2. The van der Waals surface area contributed by atoms with Crippen molar-refractivity contribution in [3.05, 3.63) is 117 Å². The van der Waals surface area contributed by atoms with Gasteiger partial charge in [0.25, 0.3) is 0 Å². The average Bonchev–Trinajstić information content (AvgIpc) is 3.68. The van der Waals surface area contributed by atoms with Crippen molar-refractivity contribution in [1.29, 1.82) is 0 Å². The Hall–Kier alpha value is -2.40. The van der Waals surface area contributed by atoms with Crippen LogP contribution in [0.25, 0.3) is 0 Å². The topological polar surface area (TPSA) is 77.4 Å². The molecule has 0 aliphatic carbocycles. The molecule has 0 unspecified atom stereocenters. The Morgan fingerprint density at radius 3 is 1.32 bits per heavy atom. The Labute approximate surface area is 232 Å². The Balaban J connectivity index is 1.39. The van der Waals surface area contributed by atoms with Crippen LogP contribution in [0.5, 0.6) is 0 Å². The summed E-state index contributed by atoms with van der Waals surface area (Å²) >= 11 is 3.15. The van der Waals surface area contributed by atoms with Gasteiger partial charge in [-0.1, -0.05) is 72.8 Å². The van der Waals surface area contributed by atoms with Crippen LogP contribution in [0, 0.1) is 0 Å². The predicted molar refractivity (Wildman–Crippen MR) is 150 cm³/mol. The summed E-state index contributed by atoms with van der Waals surface area (Å²) in [6.45, 7) is 1.60. The van der Waals surface area contributed by atoms with Gasteiger partial charge in [-0.2, -0.15) is 0 Å². The van der Waals surface area contributed by atoms with Crippen LogP contribution in [0.2, 0.25) is 0 Å². The maximum absolute atomic E-state index is 11.3. The normalized spacial score (nSPS) is 14.7. The monoisotopic (exact) mass is 554 g/mol. The van der Waals surface area contributed by atoms with Crippen LogP contribution in [0.3, 0.4) is 0 Å². The van der Waals surface area contributed by atoms with E-state index in [0.717, 1.165) is 20.9 Å². The smallest absolute Gasteiger partial charge is 0.111 e. The fourth-order valence-electron chi connectivity index (χ4n) is 3.83. The maximum Gasteiger partial charge on any atom is 0.111 e. The zero-order chi connectivity index (χ0) is 26.4. The Bertz CT molecular complexity index is 1030. The van der Waals surface area contributed by atoms with E-state index in [1.807, 2.05) is 95.7 Å². The first kappa shape index (κ1) is 28.6. The summed E-state index contributed by atoms with van der Waals surface area (Å²) < 4.78 is 23.9. The fraction of sp³-hybridized carbons (Fsp3) is 0.333. The van der Waals surface area contributed by atoms with Gasteiger partial charge in [0.15, 0.2) is 0 Å². The quantitative estimate of drug-likeness (QED) is 0.181. The number of aliphatic hydroxyl groups excluding tert-OH is 2. The maximum atomic E-state index is 11.3. The summed E-state index contributed by atoms with van der Waals surface area (Å²) in [5.41, 5.74) is 2.04. The number of aliphatic hydroxyl groups is 2. The van der Waals surface area contributed by atoms with E-state index in [2.05, 4.69) is 0 Å². The molecule has 2 aromatic heterocycles. The summed E-state index contributed by atoms with van der Waals surface area (Å²) in [7, 11) is 0. The third-order valence-electron chi connectivity index (χ3n) is 5.94. The first-order chi connectivity index (χ1) is 18.7. The molecule has 0 amide bonds. The van der Waals surface area contributed by atoms with Gasteiger partial charge in [-0.3, -0.25) is 0 Å². The van der Waals surface area contributed by atoms with E-state index in [1.165, 1.54) is 0 Å². The minimum absolute atomic E-state index is 0.112. The highest BCUT2D eigenvalue weighted by atomic mass is 32.1. The first-order valence-corrected chi connectivity index (χ1v) is 14.3. The molecule has 0 aliphatic rings. The van der Waals surface area contributed by atoms with E-state index in [-0.39, 0.29) is 13.2 Å². The number of hydrogen-bond acceptors (Lipinski definition) is 8. The molecule has 2 aromatic carbocycles. The molecular weight excluding hydrogens is 520 g/mol. The van der Waals surface area contributed by atoms with Gasteiger partial charge in [0.2, 0.25) is 0 Å². The van der Waals surface area contributed by atoms with Crippen molar-refractivity contribution in [2.45, 2.75) is 50.8 Å². The molecule has 4 atom stereocenters. The summed E-state index contributed by atoms with van der Waals surface area (Å²) in [4.78, 5) is 2.05. The molecule has 0 fully saturated rings. The van der Waals surface area contributed by atoms with Crippen LogP contribution in [-0.4, -0.2) is 47.8 Å². The van der Waals surface area contributed by atoms with Crippen molar-refractivity contribution in [3.8, 4) is 0 Å². The zero-order valence-corrected chi connectivity index (χ0v) is 22.8. The van der Waals surface area contributed by atoms with Crippen LogP contribution < -0.4 is 0 Å². The fourth-order valence-corrected chi connectivity index (χ4v) is 5.08. The molecule has 0 saturated carbocycles. The summed E-state index contributed by atoms with van der Waals surface area (Å²) in [5, 5.41) is 26.5. The highest BCUT2D eigenvalue weighted by molar-refractivity contribution is 7.10. The molecule has 0 bridgehead atoms. The third kappa shape index (κ3) is 9.41. The second-order valence-electron chi connectivity index (χ2n) is 8.84. The van der Waals surface area contributed by atoms with Crippen LogP contribution in [0.15, 0.2) is 95.7 Å². The molecule has 4 aromatic rings. The van der Waals surface area contributed by atoms with E-state index in [9.17, 15) is 10.2 Å². The molecule has 2 heterocycles. The number of hydrogen-bond donors (Lipinski definition) is 2. The highest BCUT2D eigenvalue weighted by Crippen LogP contribution is 2.19. The van der Waals surface area contributed by atoms with Gasteiger partial charge in [0.05, 0.1) is 39.6 Å². The molecule has 38 heavy (non-hydrogen) atoms.